The molecule has 0 bridgehead atoms. The highest BCUT2D eigenvalue weighted by molar-refractivity contribution is 7.07. The summed E-state index contributed by atoms with van der Waals surface area (Å²) in [6.45, 7) is 2.04. The Morgan fingerprint density at radius 1 is 1.03 bits per heavy atom. The van der Waals surface area contributed by atoms with Gasteiger partial charge in [-0.3, -0.25) is 14.2 Å². The second kappa shape index (κ2) is 7.08. The van der Waals surface area contributed by atoms with E-state index >= 15 is 0 Å². The minimum absolute atomic E-state index is 0.0897. The number of aromatic nitrogens is 1. The zero-order valence-electron chi connectivity index (χ0n) is 16.1. The van der Waals surface area contributed by atoms with Crippen LogP contribution in [0.4, 0.5) is 0 Å². The number of carbonyl (C=O) groups is 1. The molecule has 0 fully saturated rings. The standard InChI is InChI=1S/C24H20N2O2S/c1-15-10-12-16(13-11-15)14-20-23(28)26-22(17-6-3-2-4-7-17)21-18(25-24(26)29-20)8-5-9-19(21)27/h2-4,6-7,10-14,22H,5,8-9H2,1H3/b20-14+. The third-order valence-corrected chi connectivity index (χ3v) is 6.50. The summed E-state index contributed by atoms with van der Waals surface area (Å²) in [7, 11) is 0. The Morgan fingerprint density at radius 2 is 1.79 bits per heavy atom. The van der Waals surface area contributed by atoms with Crippen LogP contribution in [0.5, 0.6) is 0 Å². The first-order valence-corrected chi connectivity index (χ1v) is 10.6. The van der Waals surface area contributed by atoms with E-state index in [0.717, 1.165) is 29.7 Å². The summed E-state index contributed by atoms with van der Waals surface area (Å²) in [6.07, 6.45) is 4.04. The van der Waals surface area contributed by atoms with Gasteiger partial charge in [-0.05, 0) is 37.0 Å². The van der Waals surface area contributed by atoms with Gasteiger partial charge in [-0.2, -0.15) is 0 Å². The first-order valence-electron chi connectivity index (χ1n) is 9.81. The molecule has 0 saturated carbocycles. The second-order valence-corrected chi connectivity index (χ2v) is 8.55. The highest BCUT2D eigenvalue weighted by Crippen LogP contribution is 2.35. The van der Waals surface area contributed by atoms with Crippen LogP contribution in [-0.4, -0.2) is 10.4 Å². The van der Waals surface area contributed by atoms with Gasteiger partial charge in [0.1, 0.15) is 0 Å². The third kappa shape index (κ3) is 3.12. The highest BCUT2D eigenvalue weighted by atomic mass is 32.1. The number of Topliss-reactive ketones (excluding diaryl/α,β-unsaturated/α-hetero) is 1. The quantitative estimate of drug-likeness (QED) is 0.663. The van der Waals surface area contributed by atoms with Crippen LogP contribution in [0, 0.1) is 6.92 Å². The number of ketones is 1. The zero-order valence-corrected chi connectivity index (χ0v) is 16.9. The predicted molar refractivity (Wildman–Crippen MR) is 115 cm³/mol. The number of hydrogen-bond acceptors (Lipinski definition) is 4. The van der Waals surface area contributed by atoms with E-state index < -0.39 is 6.04 Å². The minimum Gasteiger partial charge on any atom is -0.294 e. The maximum atomic E-state index is 13.4. The molecule has 1 unspecified atom stereocenters. The third-order valence-electron chi connectivity index (χ3n) is 5.52. The van der Waals surface area contributed by atoms with E-state index in [4.69, 9.17) is 4.99 Å². The number of rotatable bonds is 2. The first-order chi connectivity index (χ1) is 14.1. The molecule has 2 aromatic carbocycles. The topological polar surface area (TPSA) is 51.4 Å². The average molecular weight is 401 g/mol. The molecule has 144 valence electrons. The van der Waals surface area contributed by atoms with Gasteiger partial charge in [0, 0.05) is 12.0 Å². The van der Waals surface area contributed by atoms with Crippen LogP contribution in [0.25, 0.3) is 6.08 Å². The van der Waals surface area contributed by atoms with Crippen molar-refractivity contribution in [1.82, 2.24) is 4.57 Å². The Labute approximate surface area is 172 Å². The lowest BCUT2D eigenvalue weighted by Gasteiger charge is -2.28. The number of hydrogen-bond donors (Lipinski definition) is 0. The van der Waals surface area contributed by atoms with Crippen molar-refractivity contribution >= 4 is 23.2 Å². The van der Waals surface area contributed by atoms with Crippen molar-refractivity contribution in [3.8, 4) is 0 Å². The summed E-state index contributed by atoms with van der Waals surface area (Å²) in [4.78, 5) is 31.7. The van der Waals surface area contributed by atoms with Crippen LogP contribution < -0.4 is 14.9 Å². The molecule has 4 nitrogen and oxygen atoms in total. The van der Waals surface area contributed by atoms with Gasteiger partial charge in [0.05, 0.1) is 16.3 Å². The van der Waals surface area contributed by atoms with Crippen molar-refractivity contribution < 1.29 is 4.79 Å². The normalized spacial score (nSPS) is 19.0. The van der Waals surface area contributed by atoms with E-state index in [1.54, 1.807) is 4.57 Å². The Kier molecular flexibility index (Phi) is 4.40. The summed E-state index contributed by atoms with van der Waals surface area (Å²) in [5, 5.41) is 0. The van der Waals surface area contributed by atoms with Crippen LogP contribution >= 0.6 is 11.3 Å². The number of thiazole rings is 1. The molecule has 2 heterocycles. The Hall–Kier alpha value is -3.05. The predicted octanol–water partition coefficient (Wildman–Crippen LogP) is 3.28. The van der Waals surface area contributed by atoms with Crippen LogP contribution in [-0.2, 0) is 4.79 Å². The molecule has 1 aliphatic heterocycles. The van der Waals surface area contributed by atoms with Gasteiger partial charge in [0.25, 0.3) is 5.56 Å². The second-order valence-electron chi connectivity index (χ2n) is 7.54. The molecule has 0 saturated heterocycles. The van der Waals surface area contributed by atoms with Gasteiger partial charge >= 0.3 is 0 Å². The molecular weight excluding hydrogens is 380 g/mol. The lowest BCUT2D eigenvalue weighted by Crippen LogP contribution is -2.40. The van der Waals surface area contributed by atoms with Crippen LogP contribution in [0.1, 0.15) is 42.0 Å². The molecule has 1 aliphatic carbocycles. The van der Waals surface area contributed by atoms with Crippen molar-refractivity contribution in [2.75, 3.05) is 0 Å². The number of benzene rings is 2. The van der Waals surface area contributed by atoms with Crippen molar-refractivity contribution in [3.05, 3.63) is 102 Å². The molecule has 2 aliphatic rings. The summed E-state index contributed by atoms with van der Waals surface area (Å²) < 4.78 is 2.35. The average Bonchev–Trinajstić information content (AvgIpc) is 3.04. The van der Waals surface area contributed by atoms with Gasteiger partial charge < -0.3 is 0 Å². The molecule has 0 spiro atoms. The number of carbonyl (C=O) groups excluding carboxylic acids is 1. The van der Waals surface area contributed by atoms with Crippen molar-refractivity contribution in [2.24, 2.45) is 4.99 Å². The molecule has 5 rings (SSSR count). The highest BCUT2D eigenvalue weighted by Gasteiger charge is 2.34. The van der Waals surface area contributed by atoms with Crippen LogP contribution in [0.2, 0.25) is 0 Å². The fourth-order valence-electron chi connectivity index (χ4n) is 4.08. The van der Waals surface area contributed by atoms with E-state index in [9.17, 15) is 9.59 Å². The summed E-state index contributed by atoms with van der Waals surface area (Å²) in [6, 6.07) is 17.5. The molecular formula is C24H20N2O2S. The molecule has 29 heavy (non-hydrogen) atoms. The number of nitrogens with zero attached hydrogens (tertiary/aromatic N) is 2. The van der Waals surface area contributed by atoms with Crippen LogP contribution in [0.3, 0.4) is 0 Å². The minimum atomic E-state index is -0.393. The number of aryl methyl sites for hydroxylation is 1. The molecule has 0 N–H and O–H groups in total. The first kappa shape index (κ1) is 18.0. The fourth-order valence-corrected chi connectivity index (χ4v) is 5.09. The van der Waals surface area contributed by atoms with E-state index in [1.165, 1.54) is 16.9 Å². The number of allylic oxidation sites excluding steroid dienone is 2. The fraction of sp³-hybridized carbons (Fsp3) is 0.208. The molecule has 0 radical (unpaired) electrons. The molecule has 1 aromatic heterocycles. The number of fused-ring (bicyclic) bond motifs is 1. The monoisotopic (exact) mass is 400 g/mol. The van der Waals surface area contributed by atoms with Gasteiger partial charge in [0.2, 0.25) is 0 Å². The maximum Gasteiger partial charge on any atom is 0.271 e. The van der Waals surface area contributed by atoms with Gasteiger partial charge in [-0.1, -0.05) is 71.5 Å². The largest absolute Gasteiger partial charge is 0.294 e. The van der Waals surface area contributed by atoms with E-state index in [-0.39, 0.29) is 11.3 Å². The Balaban J connectivity index is 1.76. The smallest absolute Gasteiger partial charge is 0.271 e. The summed E-state index contributed by atoms with van der Waals surface area (Å²) in [5.74, 6) is 0.108. The van der Waals surface area contributed by atoms with Crippen molar-refractivity contribution in [1.29, 1.82) is 0 Å². The van der Waals surface area contributed by atoms with E-state index in [0.29, 0.717) is 21.3 Å². The zero-order chi connectivity index (χ0) is 20.0. The Bertz CT molecular complexity index is 1310. The van der Waals surface area contributed by atoms with Gasteiger partial charge in [-0.25, -0.2) is 4.99 Å². The van der Waals surface area contributed by atoms with Crippen molar-refractivity contribution in [2.45, 2.75) is 32.2 Å². The van der Waals surface area contributed by atoms with E-state index in [1.807, 2.05) is 67.6 Å². The molecule has 3 aromatic rings. The van der Waals surface area contributed by atoms with Crippen LogP contribution in [0.15, 0.2) is 75.7 Å². The lowest BCUT2D eigenvalue weighted by atomic mass is 9.86. The molecule has 5 heteroatoms. The summed E-state index contributed by atoms with van der Waals surface area (Å²) >= 11 is 1.40. The summed E-state index contributed by atoms with van der Waals surface area (Å²) in [5.41, 5.74) is 4.56. The lowest BCUT2D eigenvalue weighted by molar-refractivity contribution is -0.116. The van der Waals surface area contributed by atoms with Gasteiger partial charge in [-0.15, -0.1) is 0 Å². The maximum absolute atomic E-state index is 13.4. The molecule has 1 atom stereocenters. The van der Waals surface area contributed by atoms with E-state index in [2.05, 4.69) is 0 Å². The van der Waals surface area contributed by atoms with Gasteiger partial charge in [0.15, 0.2) is 10.6 Å². The molecule has 0 amide bonds. The Morgan fingerprint density at radius 3 is 2.55 bits per heavy atom. The SMILES string of the molecule is Cc1ccc(/C=c2/sc3n(c2=O)C(c2ccccc2)C2=C(CCCC2=O)N=3)cc1. The van der Waals surface area contributed by atoms with Crippen molar-refractivity contribution in [3.63, 3.8) is 0 Å².